The monoisotopic (exact) mass is 170 g/mol. The first-order valence-electron chi connectivity index (χ1n) is 3.52. The molecule has 0 aliphatic heterocycles. The predicted molar refractivity (Wildman–Crippen MR) is 46.7 cm³/mol. The SMILES string of the molecule is CN[C@@H](C)c1ccncc1Cl. The summed E-state index contributed by atoms with van der Waals surface area (Å²) in [6.07, 6.45) is 3.40. The predicted octanol–water partition coefficient (Wildman–Crippen LogP) is 2.02. The molecule has 1 aromatic rings. The lowest BCUT2D eigenvalue weighted by molar-refractivity contribution is 0.651. The number of hydrogen-bond acceptors (Lipinski definition) is 2. The molecule has 0 spiro atoms. The second-order valence-corrected chi connectivity index (χ2v) is 2.81. The minimum absolute atomic E-state index is 0.283. The molecule has 1 aromatic heterocycles. The van der Waals surface area contributed by atoms with Gasteiger partial charge in [0.1, 0.15) is 0 Å². The third-order valence-corrected chi connectivity index (χ3v) is 2.02. The van der Waals surface area contributed by atoms with E-state index in [0.717, 1.165) is 5.56 Å². The summed E-state index contributed by atoms with van der Waals surface area (Å²) in [5, 5.41) is 3.83. The minimum Gasteiger partial charge on any atom is -0.313 e. The number of nitrogens with one attached hydrogen (secondary N) is 1. The van der Waals surface area contributed by atoms with E-state index in [9.17, 15) is 0 Å². The topological polar surface area (TPSA) is 24.9 Å². The van der Waals surface area contributed by atoms with Crippen molar-refractivity contribution in [3.05, 3.63) is 29.0 Å². The average Bonchev–Trinajstić information content (AvgIpc) is 2.04. The summed E-state index contributed by atoms with van der Waals surface area (Å²) in [7, 11) is 1.90. The molecule has 0 saturated carbocycles. The number of hydrogen-bond donors (Lipinski definition) is 1. The summed E-state index contributed by atoms with van der Waals surface area (Å²) >= 11 is 5.90. The van der Waals surface area contributed by atoms with Crippen molar-refractivity contribution in [3.63, 3.8) is 0 Å². The highest BCUT2D eigenvalue weighted by Crippen LogP contribution is 2.20. The van der Waals surface area contributed by atoms with Crippen molar-refractivity contribution in [1.29, 1.82) is 0 Å². The number of aromatic nitrogens is 1. The van der Waals surface area contributed by atoms with E-state index in [1.54, 1.807) is 12.4 Å². The maximum Gasteiger partial charge on any atom is 0.0636 e. The van der Waals surface area contributed by atoms with Gasteiger partial charge in [-0.3, -0.25) is 4.98 Å². The number of pyridine rings is 1. The zero-order chi connectivity index (χ0) is 8.27. The van der Waals surface area contributed by atoms with E-state index in [1.165, 1.54) is 0 Å². The highest BCUT2D eigenvalue weighted by Gasteiger charge is 2.05. The highest BCUT2D eigenvalue weighted by atomic mass is 35.5. The summed E-state index contributed by atoms with van der Waals surface area (Å²) in [5.41, 5.74) is 1.09. The lowest BCUT2D eigenvalue weighted by Crippen LogP contribution is -2.12. The van der Waals surface area contributed by atoms with E-state index in [-0.39, 0.29) is 6.04 Å². The van der Waals surface area contributed by atoms with Gasteiger partial charge in [0.2, 0.25) is 0 Å². The van der Waals surface area contributed by atoms with Gasteiger partial charge in [-0.05, 0) is 25.6 Å². The summed E-state index contributed by atoms with van der Waals surface area (Å²) in [6, 6.07) is 2.20. The summed E-state index contributed by atoms with van der Waals surface area (Å²) in [6.45, 7) is 2.06. The molecule has 11 heavy (non-hydrogen) atoms. The molecule has 0 unspecified atom stereocenters. The Morgan fingerprint density at radius 1 is 1.64 bits per heavy atom. The number of nitrogens with zero attached hydrogens (tertiary/aromatic N) is 1. The Kier molecular flexibility index (Phi) is 2.85. The van der Waals surface area contributed by atoms with Crippen molar-refractivity contribution < 1.29 is 0 Å². The molecule has 1 atom stereocenters. The summed E-state index contributed by atoms with van der Waals surface area (Å²) in [4.78, 5) is 3.90. The molecule has 60 valence electrons. The van der Waals surface area contributed by atoms with Crippen LogP contribution in [0.15, 0.2) is 18.5 Å². The van der Waals surface area contributed by atoms with Gasteiger partial charge in [-0.1, -0.05) is 11.6 Å². The van der Waals surface area contributed by atoms with Gasteiger partial charge in [0.05, 0.1) is 5.02 Å². The fraction of sp³-hybridized carbons (Fsp3) is 0.375. The van der Waals surface area contributed by atoms with Crippen molar-refractivity contribution in [2.75, 3.05) is 7.05 Å². The van der Waals surface area contributed by atoms with Crippen LogP contribution in [0.5, 0.6) is 0 Å². The molecule has 0 fully saturated rings. The number of rotatable bonds is 2. The second kappa shape index (κ2) is 3.69. The molecule has 0 bridgehead atoms. The third-order valence-electron chi connectivity index (χ3n) is 1.70. The quantitative estimate of drug-likeness (QED) is 0.735. The molecule has 1 rings (SSSR count). The fourth-order valence-electron chi connectivity index (χ4n) is 0.893. The Balaban J connectivity index is 2.93. The van der Waals surface area contributed by atoms with E-state index < -0.39 is 0 Å². The number of halogens is 1. The maximum atomic E-state index is 5.90. The second-order valence-electron chi connectivity index (χ2n) is 2.41. The van der Waals surface area contributed by atoms with Gasteiger partial charge in [0.25, 0.3) is 0 Å². The van der Waals surface area contributed by atoms with Crippen LogP contribution < -0.4 is 5.32 Å². The van der Waals surface area contributed by atoms with E-state index in [0.29, 0.717) is 5.02 Å². The maximum absolute atomic E-state index is 5.90. The zero-order valence-corrected chi connectivity index (χ0v) is 7.39. The van der Waals surface area contributed by atoms with Crippen LogP contribution >= 0.6 is 11.6 Å². The van der Waals surface area contributed by atoms with Gasteiger partial charge in [-0.2, -0.15) is 0 Å². The Bertz CT molecular complexity index is 237. The Hall–Kier alpha value is -0.600. The van der Waals surface area contributed by atoms with Gasteiger partial charge in [-0.15, -0.1) is 0 Å². The Morgan fingerprint density at radius 2 is 2.36 bits per heavy atom. The molecule has 0 amide bonds. The smallest absolute Gasteiger partial charge is 0.0636 e. The van der Waals surface area contributed by atoms with Crippen molar-refractivity contribution in [3.8, 4) is 0 Å². The molecule has 3 heteroatoms. The van der Waals surface area contributed by atoms with Crippen LogP contribution in [-0.4, -0.2) is 12.0 Å². The molecule has 0 aliphatic carbocycles. The molecular weight excluding hydrogens is 160 g/mol. The van der Waals surface area contributed by atoms with Crippen LogP contribution in [0.25, 0.3) is 0 Å². The van der Waals surface area contributed by atoms with Crippen molar-refractivity contribution in [2.45, 2.75) is 13.0 Å². The van der Waals surface area contributed by atoms with Crippen LogP contribution in [0.4, 0.5) is 0 Å². The fourth-order valence-corrected chi connectivity index (χ4v) is 1.18. The largest absolute Gasteiger partial charge is 0.313 e. The first-order chi connectivity index (χ1) is 5.25. The van der Waals surface area contributed by atoms with Crippen molar-refractivity contribution in [1.82, 2.24) is 10.3 Å². The van der Waals surface area contributed by atoms with E-state index >= 15 is 0 Å². The highest BCUT2D eigenvalue weighted by molar-refractivity contribution is 6.31. The lowest BCUT2D eigenvalue weighted by atomic mass is 10.1. The van der Waals surface area contributed by atoms with Crippen molar-refractivity contribution in [2.24, 2.45) is 0 Å². The van der Waals surface area contributed by atoms with E-state index in [2.05, 4.69) is 17.2 Å². The summed E-state index contributed by atoms with van der Waals surface area (Å²) in [5.74, 6) is 0. The van der Waals surface area contributed by atoms with Crippen LogP contribution in [0.1, 0.15) is 18.5 Å². The first-order valence-corrected chi connectivity index (χ1v) is 3.90. The normalized spacial score (nSPS) is 13.0. The lowest BCUT2D eigenvalue weighted by Gasteiger charge is -2.10. The Labute approximate surface area is 71.6 Å². The van der Waals surface area contributed by atoms with Crippen LogP contribution in [-0.2, 0) is 0 Å². The minimum atomic E-state index is 0.283. The Morgan fingerprint density at radius 3 is 2.91 bits per heavy atom. The van der Waals surface area contributed by atoms with Crippen LogP contribution in [0, 0.1) is 0 Å². The average molecular weight is 171 g/mol. The zero-order valence-electron chi connectivity index (χ0n) is 6.63. The molecule has 0 aliphatic rings. The van der Waals surface area contributed by atoms with Gasteiger partial charge in [0, 0.05) is 18.4 Å². The molecule has 1 heterocycles. The molecule has 2 nitrogen and oxygen atoms in total. The first kappa shape index (κ1) is 8.50. The van der Waals surface area contributed by atoms with Gasteiger partial charge >= 0.3 is 0 Å². The molecule has 1 N–H and O–H groups in total. The molecule has 0 aromatic carbocycles. The van der Waals surface area contributed by atoms with E-state index in [1.807, 2.05) is 13.1 Å². The van der Waals surface area contributed by atoms with Crippen LogP contribution in [0.2, 0.25) is 5.02 Å². The molecule has 0 radical (unpaired) electrons. The van der Waals surface area contributed by atoms with E-state index in [4.69, 9.17) is 11.6 Å². The molecule has 0 saturated heterocycles. The van der Waals surface area contributed by atoms with Gasteiger partial charge < -0.3 is 5.32 Å². The van der Waals surface area contributed by atoms with Crippen molar-refractivity contribution >= 4 is 11.6 Å². The standard InChI is InChI=1S/C8H11ClN2/c1-6(10-2)7-3-4-11-5-8(7)9/h3-6,10H,1-2H3/t6-/m0/s1. The van der Waals surface area contributed by atoms with Gasteiger partial charge in [0.15, 0.2) is 0 Å². The molecular formula is C8H11ClN2. The summed E-state index contributed by atoms with van der Waals surface area (Å²) < 4.78 is 0. The third kappa shape index (κ3) is 1.91. The van der Waals surface area contributed by atoms with Gasteiger partial charge in [-0.25, -0.2) is 0 Å². The van der Waals surface area contributed by atoms with Crippen LogP contribution in [0.3, 0.4) is 0 Å².